The van der Waals surface area contributed by atoms with Gasteiger partial charge in [-0.15, -0.1) is 5.10 Å². The molecule has 0 unspecified atom stereocenters. The summed E-state index contributed by atoms with van der Waals surface area (Å²) in [7, 11) is 0. The predicted molar refractivity (Wildman–Crippen MR) is 49.9 cm³/mol. The summed E-state index contributed by atoms with van der Waals surface area (Å²) < 4.78 is 14.8. The highest BCUT2D eigenvalue weighted by atomic mass is 79.9. The summed E-state index contributed by atoms with van der Waals surface area (Å²) in [4.78, 5) is 0. The van der Waals surface area contributed by atoms with E-state index in [-0.39, 0.29) is 10.6 Å². The summed E-state index contributed by atoms with van der Waals surface area (Å²) in [6, 6.07) is 0. The second-order valence-electron chi connectivity index (χ2n) is 3.48. The summed E-state index contributed by atoms with van der Waals surface area (Å²) in [5.41, 5.74) is -0.271. The number of hydrogen-bond acceptors (Lipinski definition) is 1. The van der Waals surface area contributed by atoms with E-state index in [2.05, 4.69) is 21.0 Å². The van der Waals surface area contributed by atoms with Crippen molar-refractivity contribution < 1.29 is 4.39 Å². The maximum absolute atomic E-state index is 12.8. The Morgan fingerprint density at radius 1 is 1.50 bits per heavy atom. The molecule has 12 heavy (non-hydrogen) atoms. The lowest BCUT2D eigenvalue weighted by Gasteiger charge is -2.19. The summed E-state index contributed by atoms with van der Waals surface area (Å²) in [5, 5.41) is 3.68. The van der Waals surface area contributed by atoms with Gasteiger partial charge in [-0.05, 0) is 36.7 Å². The van der Waals surface area contributed by atoms with Crippen LogP contribution in [0.4, 0.5) is 4.39 Å². The van der Waals surface area contributed by atoms with Crippen LogP contribution in [0.2, 0.25) is 5.02 Å². The van der Waals surface area contributed by atoms with E-state index in [1.807, 2.05) is 20.8 Å². The first-order valence-corrected chi connectivity index (χ1v) is 4.61. The lowest BCUT2D eigenvalue weighted by Crippen LogP contribution is -2.23. The predicted octanol–water partition coefficient (Wildman–Crippen LogP) is 3.19. The molecule has 1 aromatic heterocycles. The van der Waals surface area contributed by atoms with Gasteiger partial charge in [0, 0.05) is 0 Å². The number of halogens is 3. The van der Waals surface area contributed by atoms with Crippen molar-refractivity contribution in [1.29, 1.82) is 0 Å². The van der Waals surface area contributed by atoms with Crippen LogP contribution in [-0.2, 0) is 5.54 Å². The SMILES string of the molecule is CC(C)(C)n1nc(F)c(Cl)c1Br. The van der Waals surface area contributed by atoms with Crippen molar-refractivity contribution >= 4 is 27.5 Å². The molecule has 0 N–H and O–H groups in total. The highest BCUT2D eigenvalue weighted by Crippen LogP contribution is 2.29. The van der Waals surface area contributed by atoms with Gasteiger partial charge in [-0.3, -0.25) is 0 Å². The second kappa shape index (κ2) is 3.00. The van der Waals surface area contributed by atoms with Gasteiger partial charge >= 0.3 is 0 Å². The fourth-order valence-corrected chi connectivity index (χ4v) is 1.69. The van der Waals surface area contributed by atoms with Crippen LogP contribution in [0, 0.1) is 5.95 Å². The van der Waals surface area contributed by atoms with E-state index >= 15 is 0 Å². The topological polar surface area (TPSA) is 17.8 Å². The van der Waals surface area contributed by atoms with Gasteiger partial charge in [0.1, 0.15) is 9.63 Å². The molecule has 0 aromatic carbocycles. The minimum Gasteiger partial charge on any atom is -0.249 e. The Morgan fingerprint density at radius 2 is 2.00 bits per heavy atom. The lowest BCUT2D eigenvalue weighted by molar-refractivity contribution is 0.336. The number of hydrogen-bond donors (Lipinski definition) is 0. The molecular formula is C7H9BrClFN2. The largest absolute Gasteiger partial charge is 0.252 e. The lowest BCUT2D eigenvalue weighted by atomic mass is 10.1. The van der Waals surface area contributed by atoms with Crippen LogP contribution in [0.1, 0.15) is 20.8 Å². The molecule has 68 valence electrons. The van der Waals surface area contributed by atoms with E-state index in [4.69, 9.17) is 11.6 Å². The van der Waals surface area contributed by atoms with Crippen LogP contribution < -0.4 is 0 Å². The van der Waals surface area contributed by atoms with Gasteiger partial charge in [-0.1, -0.05) is 11.6 Å². The molecular weight excluding hydrogens is 246 g/mol. The van der Waals surface area contributed by atoms with E-state index in [9.17, 15) is 4.39 Å². The van der Waals surface area contributed by atoms with Crippen LogP contribution in [0.25, 0.3) is 0 Å². The molecule has 0 aliphatic heterocycles. The number of rotatable bonds is 0. The third-order valence-corrected chi connectivity index (χ3v) is 2.67. The Labute approximate surface area is 83.8 Å². The monoisotopic (exact) mass is 254 g/mol. The Bertz CT molecular complexity index is 303. The van der Waals surface area contributed by atoms with Crippen LogP contribution in [-0.4, -0.2) is 9.78 Å². The first kappa shape index (κ1) is 9.99. The Hall–Kier alpha value is -0.0900. The third kappa shape index (κ3) is 1.64. The van der Waals surface area contributed by atoms with Crippen molar-refractivity contribution in [3.05, 3.63) is 15.6 Å². The molecule has 0 saturated heterocycles. The zero-order valence-corrected chi connectivity index (χ0v) is 9.37. The molecule has 2 nitrogen and oxygen atoms in total. The third-order valence-electron chi connectivity index (χ3n) is 1.37. The van der Waals surface area contributed by atoms with Gasteiger partial charge in [0.2, 0.25) is 0 Å². The first-order chi connectivity index (χ1) is 5.34. The molecule has 0 spiro atoms. The standard InChI is InChI=1S/C7H9BrClFN2/c1-7(2,3)12-5(8)4(9)6(10)11-12/h1-3H3. The minimum atomic E-state index is -0.640. The molecule has 0 saturated carbocycles. The maximum atomic E-state index is 12.8. The van der Waals surface area contributed by atoms with Gasteiger partial charge in [0.25, 0.3) is 5.95 Å². The van der Waals surface area contributed by atoms with E-state index < -0.39 is 5.95 Å². The average Bonchev–Trinajstić information content (AvgIpc) is 2.15. The average molecular weight is 256 g/mol. The highest BCUT2D eigenvalue weighted by Gasteiger charge is 2.22. The van der Waals surface area contributed by atoms with Crippen molar-refractivity contribution in [2.45, 2.75) is 26.3 Å². The summed E-state index contributed by atoms with van der Waals surface area (Å²) in [6.45, 7) is 5.75. The molecule has 1 heterocycles. The highest BCUT2D eigenvalue weighted by molar-refractivity contribution is 9.10. The second-order valence-corrected chi connectivity index (χ2v) is 4.61. The summed E-state index contributed by atoms with van der Waals surface area (Å²) in [6.07, 6.45) is 0. The fourth-order valence-electron chi connectivity index (χ4n) is 0.798. The Balaban J connectivity index is 3.28. The zero-order valence-electron chi connectivity index (χ0n) is 7.03. The molecule has 5 heteroatoms. The van der Waals surface area contributed by atoms with E-state index in [1.54, 1.807) is 0 Å². The molecule has 0 aliphatic carbocycles. The fraction of sp³-hybridized carbons (Fsp3) is 0.571. The zero-order chi connectivity index (χ0) is 9.52. The van der Waals surface area contributed by atoms with Gasteiger partial charge in [0.15, 0.2) is 0 Å². The maximum Gasteiger partial charge on any atom is 0.252 e. The molecule has 0 fully saturated rings. The van der Waals surface area contributed by atoms with Gasteiger partial charge in [-0.2, -0.15) is 4.39 Å². The summed E-state index contributed by atoms with van der Waals surface area (Å²) >= 11 is 8.76. The van der Waals surface area contributed by atoms with Gasteiger partial charge in [-0.25, -0.2) is 4.68 Å². The van der Waals surface area contributed by atoms with E-state index in [0.717, 1.165) is 0 Å². The smallest absolute Gasteiger partial charge is 0.249 e. The van der Waals surface area contributed by atoms with Crippen molar-refractivity contribution in [1.82, 2.24) is 9.78 Å². The molecule has 0 atom stereocenters. The van der Waals surface area contributed by atoms with E-state index in [0.29, 0.717) is 4.60 Å². The number of nitrogens with zero attached hydrogens (tertiary/aromatic N) is 2. The van der Waals surface area contributed by atoms with Crippen LogP contribution in [0.15, 0.2) is 4.60 Å². The van der Waals surface area contributed by atoms with Gasteiger partial charge in [0.05, 0.1) is 5.54 Å². The molecule has 0 bridgehead atoms. The van der Waals surface area contributed by atoms with Crippen molar-refractivity contribution in [3.63, 3.8) is 0 Å². The summed E-state index contributed by atoms with van der Waals surface area (Å²) in [5.74, 6) is -0.640. The van der Waals surface area contributed by atoms with Crippen molar-refractivity contribution in [2.75, 3.05) is 0 Å². The quantitative estimate of drug-likeness (QED) is 0.696. The van der Waals surface area contributed by atoms with Crippen molar-refractivity contribution in [2.24, 2.45) is 0 Å². The molecule has 0 radical (unpaired) electrons. The molecule has 1 aromatic rings. The number of aromatic nitrogens is 2. The van der Waals surface area contributed by atoms with Gasteiger partial charge < -0.3 is 0 Å². The van der Waals surface area contributed by atoms with E-state index in [1.165, 1.54) is 4.68 Å². The van der Waals surface area contributed by atoms with Crippen LogP contribution >= 0.6 is 27.5 Å². The molecule has 0 aliphatic rings. The van der Waals surface area contributed by atoms with Crippen LogP contribution in [0.5, 0.6) is 0 Å². The minimum absolute atomic E-state index is 0.0323. The van der Waals surface area contributed by atoms with Crippen molar-refractivity contribution in [3.8, 4) is 0 Å². The first-order valence-electron chi connectivity index (χ1n) is 3.44. The molecule has 1 rings (SSSR count). The molecule has 0 amide bonds. The Kier molecular flexibility index (Phi) is 2.50. The normalized spacial score (nSPS) is 12.2. The van der Waals surface area contributed by atoms with Crippen LogP contribution in [0.3, 0.4) is 0 Å². The Morgan fingerprint density at radius 3 is 2.17 bits per heavy atom.